The van der Waals surface area contributed by atoms with Crippen LogP contribution < -0.4 is 10.6 Å². The van der Waals surface area contributed by atoms with E-state index in [1.165, 1.54) is 6.07 Å². The van der Waals surface area contributed by atoms with Crippen molar-refractivity contribution >= 4 is 5.96 Å². The molecule has 1 aliphatic heterocycles. The van der Waals surface area contributed by atoms with Crippen LogP contribution in [0.1, 0.15) is 31.7 Å². The summed E-state index contributed by atoms with van der Waals surface area (Å²) in [6.07, 6.45) is 3.16. The first-order valence-electron chi connectivity index (χ1n) is 9.04. The number of nitrogens with zero attached hydrogens (tertiary/aromatic N) is 1. The maximum absolute atomic E-state index is 14.1. The molecule has 2 fully saturated rings. The van der Waals surface area contributed by atoms with E-state index in [9.17, 15) is 4.39 Å². The number of rotatable bonds is 7. The van der Waals surface area contributed by atoms with E-state index < -0.39 is 0 Å². The number of hydrogen-bond donors (Lipinski definition) is 2. The third-order valence-electron chi connectivity index (χ3n) is 4.97. The highest BCUT2D eigenvalue weighted by Crippen LogP contribution is 2.48. The maximum atomic E-state index is 14.1. The van der Waals surface area contributed by atoms with Crippen LogP contribution in [0.2, 0.25) is 0 Å². The monoisotopic (exact) mass is 349 g/mol. The zero-order chi connectivity index (χ0) is 17.7. The summed E-state index contributed by atoms with van der Waals surface area (Å²) < 4.78 is 25.2. The van der Waals surface area contributed by atoms with E-state index in [2.05, 4.69) is 22.5 Å². The molecule has 2 N–H and O–H groups in total. The number of halogens is 1. The number of benzene rings is 1. The summed E-state index contributed by atoms with van der Waals surface area (Å²) in [6, 6.07) is 7.20. The second kappa shape index (κ2) is 8.15. The lowest BCUT2D eigenvalue weighted by Gasteiger charge is -2.22. The van der Waals surface area contributed by atoms with E-state index in [1.807, 2.05) is 12.1 Å². The van der Waals surface area contributed by atoms with Crippen LogP contribution in [-0.4, -0.2) is 51.5 Å². The fourth-order valence-electron chi connectivity index (χ4n) is 3.23. The Labute approximate surface area is 149 Å². The van der Waals surface area contributed by atoms with Crippen molar-refractivity contribution in [1.29, 1.82) is 0 Å². The van der Waals surface area contributed by atoms with E-state index >= 15 is 0 Å². The van der Waals surface area contributed by atoms with Crippen molar-refractivity contribution < 1.29 is 13.9 Å². The van der Waals surface area contributed by atoms with Gasteiger partial charge in [0.2, 0.25) is 0 Å². The lowest BCUT2D eigenvalue weighted by molar-refractivity contribution is 0.0347. The molecule has 25 heavy (non-hydrogen) atoms. The second-order valence-corrected chi connectivity index (χ2v) is 7.05. The zero-order valence-electron chi connectivity index (χ0n) is 15.1. The van der Waals surface area contributed by atoms with Crippen molar-refractivity contribution in [2.24, 2.45) is 4.99 Å². The van der Waals surface area contributed by atoms with Gasteiger partial charge in [0.15, 0.2) is 5.96 Å². The SMILES string of the molecule is CN=C(NCC1(c2ccccc2F)CC1)NC(C)COC1CCOC1. The molecule has 2 atom stereocenters. The minimum atomic E-state index is -0.120. The molecule has 1 aromatic rings. The normalized spacial score (nSPS) is 23.3. The lowest BCUT2D eigenvalue weighted by Crippen LogP contribution is -2.46. The standard InChI is InChI=1S/C19H28FN3O2/c1-14(11-25-15-7-10-24-12-15)23-18(21-2)22-13-19(8-9-19)16-5-3-4-6-17(16)20/h3-6,14-15H,7-13H2,1-2H3,(H2,21,22,23). The van der Waals surface area contributed by atoms with E-state index in [0.29, 0.717) is 19.8 Å². The van der Waals surface area contributed by atoms with Gasteiger partial charge in [0, 0.05) is 31.7 Å². The second-order valence-electron chi connectivity index (χ2n) is 7.05. The Balaban J connectivity index is 1.47. The van der Waals surface area contributed by atoms with Crippen LogP contribution in [0, 0.1) is 5.82 Å². The molecule has 0 radical (unpaired) electrons. The van der Waals surface area contributed by atoms with E-state index in [4.69, 9.17) is 9.47 Å². The summed E-state index contributed by atoms with van der Waals surface area (Å²) in [5, 5.41) is 6.69. The molecule has 3 rings (SSSR count). The highest BCUT2D eigenvalue weighted by Gasteiger charge is 2.45. The first-order valence-corrected chi connectivity index (χ1v) is 9.04. The number of hydrogen-bond acceptors (Lipinski definition) is 3. The molecule has 0 bridgehead atoms. The topological polar surface area (TPSA) is 54.9 Å². The Morgan fingerprint density at radius 2 is 2.24 bits per heavy atom. The average molecular weight is 349 g/mol. The Kier molecular flexibility index (Phi) is 5.91. The summed E-state index contributed by atoms with van der Waals surface area (Å²) >= 11 is 0. The molecule has 1 saturated heterocycles. The van der Waals surface area contributed by atoms with Crippen molar-refractivity contribution in [2.75, 3.05) is 33.4 Å². The molecule has 6 heteroatoms. The molecule has 0 amide bonds. The van der Waals surface area contributed by atoms with E-state index in [1.54, 1.807) is 13.1 Å². The third kappa shape index (κ3) is 4.70. The first-order chi connectivity index (χ1) is 12.1. The Hall–Kier alpha value is -1.66. The molecule has 138 valence electrons. The zero-order valence-corrected chi connectivity index (χ0v) is 15.1. The van der Waals surface area contributed by atoms with Gasteiger partial charge in [-0.25, -0.2) is 4.39 Å². The average Bonchev–Trinajstić information content (AvgIpc) is 3.22. The predicted molar refractivity (Wildman–Crippen MR) is 96.4 cm³/mol. The molecule has 1 saturated carbocycles. The molecule has 2 unspecified atom stereocenters. The van der Waals surface area contributed by atoms with Gasteiger partial charge in [-0.05, 0) is 37.8 Å². The Morgan fingerprint density at radius 1 is 1.44 bits per heavy atom. The van der Waals surface area contributed by atoms with Gasteiger partial charge in [0.25, 0.3) is 0 Å². The van der Waals surface area contributed by atoms with Crippen molar-refractivity contribution in [1.82, 2.24) is 10.6 Å². The number of aliphatic imine (C=N–C) groups is 1. The fourth-order valence-corrected chi connectivity index (χ4v) is 3.23. The minimum Gasteiger partial charge on any atom is -0.379 e. The largest absolute Gasteiger partial charge is 0.379 e. The fraction of sp³-hybridized carbons (Fsp3) is 0.632. The van der Waals surface area contributed by atoms with Crippen LogP contribution in [0.5, 0.6) is 0 Å². The summed E-state index contributed by atoms with van der Waals surface area (Å²) in [7, 11) is 1.75. The van der Waals surface area contributed by atoms with Crippen LogP contribution in [0.4, 0.5) is 4.39 Å². The molecule has 1 aromatic carbocycles. The van der Waals surface area contributed by atoms with Gasteiger partial charge < -0.3 is 20.1 Å². The Bertz CT molecular complexity index is 598. The molecule has 2 aliphatic rings. The van der Waals surface area contributed by atoms with Crippen LogP contribution in [0.15, 0.2) is 29.3 Å². The van der Waals surface area contributed by atoms with Crippen LogP contribution >= 0.6 is 0 Å². The van der Waals surface area contributed by atoms with E-state index in [-0.39, 0.29) is 23.4 Å². The van der Waals surface area contributed by atoms with Gasteiger partial charge >= 0.3 is 0 Å². The van der Waals surface area contributed by atoms with Gasteiger partial charge in [-0.1, -0.05) is 18.2 Å². The summed E-state index contributed by atoms with van der Waals surface area (Å²) in [6.45, 7) is 4.82. The molecule has 5 nitrogen and oxygen atoms in total. The van der Waals surface area contributed by atoms with Gasteiger partial charge in [0.1, 0.15) is 5.82 Å². The van der Waals surface area contributed by atoms with Crippen LogP contribution in [-0.2, 0) is 14.9 Å². The van der Waals surface area contributed by atoms with Crippen molar-refractivity contribution in [3.63, 3.8) is 0 Å². The molecular weight excluding hydrogens is 321 g/mol. The maximum Gasteiger partial charge on any atom is 0.191 e. The highest BCUT2D eigenvalue weighted by atomic mass is 19.1. The number of ether oxygens (including phenoxy) is 2. The van der Waals surface area contributed by atoms with Gasteiger partial charge in [0.05, 0.1) is 19.3 Å². The minimum absolute atomic E-state index is 0.107. The summed E-state index contributed by atoms with van der Waals surface area (Å²) in [4.78, 5) is 4.28. The molecule has 1 heterocycles. The highest BCUT2D eigenvalue weighted by molar-refractivity contribution is 5.80. The summed E-state index contributed by atoms with van der Waals surface area (Å²) in [5.41, 5.74) is 0.694. The molecular formula is C19H28FN3O2. The third-order valence-corrected chi connectivity index (χ3v) is 4.97. The quantitative estimate of drug-likeness (QED) is 0.585. The first kappa shape index (κ1) is 18.1. The smallest absolute Gasteiger partial charge is 0.191 e. The number of guanidine groups is 1. The molecule has 1 aliphatic carbocycles. The van der Waals surface area contributed by atoms with E-state index in [0.717, 1.165) is 37.4 Å². The summed E-state index contributed by atoms with van der Waals surface area (Å²) in [5.74, 6) is 0.603. The van der Waals surface area contributed by atoms with Crippen molar-refractivity contribution in [3.05, 3.63) is 35.6 Å². The van der Waals surface area contributed by atoms with Gasteiger partial charge in [-0.3, -0.25) is 4.99 Å². The predicted octanol–water partition coefficient (Wildman–Crippen LogP) is 2.22. The Morgan fingerprint density at radius 3 is 2.88 bits per heavy atom. The van der Waals surface area contributed by atoms with Crippen molar-refractivity contribution in [2.45, 2.75) is 43.7 Å². The lowest BCUT2D eigenvalue weighted by atomic mass is 9.95. The van der Waals surface area contributed by atoms with Crippen molar-refractivity contribution in [3.8, 4) is 0 Å². The van der Waals surface area contributed by atoms with Gasteiger partial charge in [-0.2, -0.15) is 0 Å². The molecule has 0 aromatic heterocycles. The number of nitrogens with one attached hydrogen (secondary N) is 2. The van der Waals surface area contributed by atoms with Crippen LogP contribution in [0.25, 0.3) is 0 Å². The van der Waals surface area contributed by atoms with Crippen LogP contribution in [0.3, 0.4) is 0 Å². The molecule has 0 spiro atoms. The van der Waals surface area contributed by atoms with Gasteiger partial charge in [-0.15, -0.1) is 0 Å².